The number of halogens is 2. The second kappa shape index (κ2) is 10.7. The molecule has 1 aliphatic heterocycles. The molecule has 0 unspecified atom stereocenters. The van der Waals surface area contributed by atoms with Crippen LogP contribution in [0, 0.1) is 5.92 Å². The molecule has 1 aromatic heterocycles. The summed E-state index contributed by atoms with van der Waals surface area (Å²) in [5, 5.41) is 7.81. The quantitative estimate of drug-likeness (QED) is 0.621. The van der Waals surface area contributed by atoms with Crippen molar-refractivity contribution in [3.8, 4) is 5.75 Å². The highest BCUT2D eigenvalue weighted by Gasteiger charge is 2.23. The van der Waals surface area contributed by atoms with Gasteiger partial charge in [-0.2, -0.15) is 5.10 Å². The van der Waals surface area contributed by atoms with Crippen molar-refractivity contribution in [3.05, 3.63) is 46.2 Å². The van der Waals surface area contributed by atoms with E-state index in [1.54, 1.807) is 42.3 Å². The minimum atomic E-state index is -0.110. The third-order valence-electron chi connectivity index (χ3n) is 5.19. The third kappa shape index (κ3) is 6.12. The van der Waals surface area contributed by atoms with Crippen LogP contribution < -0.4 is 10.1 Å². The lowest BCUT2D eigenvalue weighted by Crippen LogP contribution is -2.41. The number of piperidine rings is 1. The average Bonchev–Trinajstić information content (AvgIpc) is 3.19. The van der Waals surface area contributed by atoms with Crippen molar-refractivity contribution in [1.29, 1.82) is 0 Å². The maximum Gasteiger partial charge on any atom is 0.254 e. The van der Waals surface area contributed by atoms with Gasteiger partial charge >= 0.3 is 0 Å². The standard InChI is InChI=1S/C21H26Cl2N4O3/c1-26-14-16(13-25-26)21(29)24-12-15-7-9-27(10-8-15)19(28)6-3-11-30-18-5-2-4-17(22)20(18)23/h2,4-5,13-15H,3,6-12H2,1H3,(H,24,29). The minimum Gasteiger partial charge on any atom is -0.492 e. The Morgan fingerprint density at radius 3 is 2.73 bits per heavy atom. The van der Waals surface area contributed by atoms with Crippen molar-refractivity contribution in [2.75, 3.05) is 26.2 Å². The SMILES string of the molecule is Cn1cc(C(=O)NCC2CCN(C(=O)CCCOc3cccc(Cl)c3Cl)CC2)cn1. The molecule has 0 aliphatic carbocycles. The molecule has 2 amide bonds. The van der Waals surface area contributed by atoms with Crippen molar-refractivity contribution >= 4 is 35.0 Å². The Morgan fingerprint density at radius 2 is 2.03 bits per heavy atom. The Hall–Kier alpha value is -2.25. The lowest BCUT2D eigenvalue weighted by atomic mass is 9.96. The van der Waals surface area contributed by atoms with Crippen molar-refractivity contribution in [2.45, 2.75) is 25.7 Å². The van der Waals surface area contributed by atoms with Gasteiger partial charge in [0.05, 0.1) is 23.4 Å². The summed E-state index contributed by atoms with van der Waals surface area (Å²) in [7, 11) is 1.78. The van der Waals surface area contributed by atoms with Crippen LogP contribution in [-0.4, -0.2) is 52.7 Å². The number of aromatic nitrogens is 2. The molecular weight excluding hydrogens is 427 g/mol. The normalized spacial score (nSPS) is 14.6. The maximum absolute atomic E-state index is 12.4. The molecule has 1 aliphatic rings. The number of amides is 2. The summed E-state index contributed by atoms with van der Waals surface area (Å²) in [5.74, 6) is 0.934. The zero-order valence-corrected chi connectivity index (χ0v) is 18.5. The summed E-state index contributed by atoms with van der Waals surface area (Å²) in [6.07, 6.45) is 6.06. The van der Waals surface area contributed by atoms with Crippen LogP contribution in [0.3, 0.4) is 0 Å². The molecule has 162 valence electrons. The number of aryl methyl sites for hydroxylation is 1. The molecule has 2 aromatic rings. The number of rotatable bonds is 8. The fraction of sp³-hybridized carbons (Fsp3) is 0.476. The maximum atomic E-state index is 12.4. The van der Waals surface area contributed by atoms with E-state index in [2.05, 4.69) is 10.4 Å². The summed E-state index contributed by atoms with van der Waals surface area (Å²) in [5.41, 5.74) is 0.561. The Kier molecular flexibility index (Phi) is 7.99. The number of hydrogen-bond acceptors (Lipinski definition) is 4. The zero-order valence-electron chi connectivity index (χ0n) is 16.9. The number of nitrogens with one attached hydrogen (secondary N) is 1. The van der Waals surface area contributed by atoms with Crippen molar-refractivity contribution in [1.82, 2.24) is 20.0 Å². The number of benzene rings is 1. The highest BCUT2D eigenvalue weighted by atomic mass is 35.5. The molecule has 0 saturated carbocycles. The molecule has 1 N–H and O–H groups in total. The van der Waals surface area contributed by atoms with Gasteiger partial charge in [0.1, 0.15) is 10.8 Å². The summed E-state index contributed by atoms with van der Waals surface area (Å²) in [6.45, 7) is 2.45. The number of likely N-dealkylation sites (tertiary alicyclic amines) is 1. The van der Waals surface area contributed by atoms with Gasteiger partial charge < -0.3 is 15.0 Å². The predicted molar refractivity (Wildman–Crippen MR) is 116 cm³/mol. The zero-order chi connectivity index (χ0) is 21.5. The Morgan fingerprint density at radius 1 is 1.27 bits per heavy atom. The molecule has 1 aromatic carbocycles. The first-order valence-corrected chi connectivity index (χ1v) is 10.8. The van der Waals surface area contributed by atoms with Crippen LogP contribution in [0.15, 0.2) is 30.6 Å². The number of ether oxygens (including phenoxy) is 1. The van der Waals surface area contributed by atoms with E-state index in [9.17, 15) is 9.59 Å². The van der Waals surface area contributed by atoms with E-state index in [1.165, 1.54) is 0 Å². The Bertz CT molecular complexity index is 879. The molecule has 0 bridgehead atoms. The molecule has 0 radical (unpaired) electrons. The van der Waals surface area contributed by atoms with Gasteiger partial charge in [0.2, 0.25) is 5.91 Å². The first-order chi connectivity index (χ1) is 14.4. The van der Waals surface area contributed by atoms with Crippen LogP contribution in [0.5, 0.6) is 5.75 Å². The van der Waals surface area contributed by atoms with Crippen molar-refractivity contribution < 1.29 is 14.3 Å². The fourth-order valence-corrected chi connectivity index (χ4v) is 3.77. The number of carbonyl (C=O) groups is 2. The van der Waals surface area contributed by atoms with E-state index < -0.39 is 0 Å². The first-order valence-electron chi connectivity index (χ1n) is 10.1. The van der Waals surface area contributed by atoms with Gasteiger partial charge in [-0.1, -0.05) is 29.3 Å². The van der Waals surface area contributed by atoms with Crippen molar-refractivity contribution in [2.24, 2.45) is 13.0 Å². The van der Waals surface area contributed by atoms with Gasteiger partial charge in [0.25, 0.3) is 5.91 Å². The average molecular weight is 453 g/mol. The monoisotopic (exact) mass is 452 g/mol. The highest BCUT2D eigenvalue weighted by Crippen LogP contribution is 2.31. The summed E-state index contributed by atoms with van der Waals surface area (Å²) < 4.78 is 7.24. The number of hydrogen-bond donors (Lipinski definition) is 1. The van der Waals surface area contributed by atoms with E-state index in [0.717, 1.165) is 12.8 Å². The van der Waals surface area contributed by atoms with Gasteiger partial charge in [-0.3, -0.25) is 14.3 Å². The van der Waals surface area contributed by atoms with Gasteiger partial charge in [0, 0.05) is 39.3 Å². The smallest absolute Gasteiger partial charge is 0.254 e. The Balaban J connectivity index is 1.32. The van der Waals surface area contributed by atoms with E-state index in [0.29, 0.717) is 66.4 Å². The molecule has 0 atom stereocenters. The number of nitrogens with zero attached hydrogens (tertiary/aromatic N) is 3. The summed E-state index contributed by atoms with van der Waals surface area (Å²) in [4.78, 5) is 26.4. The van der Waals surface area contributed by atoms with Crippen LogP contribution in [0.1, 0.15) is 36.0 Å². The predicted octanol–water partition coefficient (Wildman–Crippen LogP) is 3.55. The van der Waals surface area contributed by atoms with Crippen LogP contribution in [0.4, 0.5) is 0 Å². The third-order valence-corrected chi connectivity index (χ3v) is 6.00. The van der Waals surface area contributed by atoms with Crippen LogP contribution in [0.2, 0.25) is 10.0 Å². The van der Waals surface area contributed by atoms with Crippen LogP contribution in [0.25, 0.3) is 0 Å². The van der Waals surface area contributed by atoms with E-state index >= 15 is 0 Å². The lowest BCUT2D eigenvalue weighted by Gasteiger charge is -2.32. The molecular formula is C21H26Cl2N4O3. The van der Waals surface area contributed by atoms with Gasteiger partial charge in [-0.05, 0) is 37.3 Å². The van der Waals surface area contributed by atoms with E-state index in [4.69, 9.17) is 27.9 Å². The second-order valence-electron chi connectivity index (χ2n) is 7.44. The van der Waals surface area contributed by atoms with E-state index in [1.807, 2.05) is 4.90 Å². The number of carbonyl (C=O) groups excluding carboxylic acids is 2. The molecule has 2 heterocycles. The molecule has 0 spiro atoms. The summed E-state index contributed by atoms with van der Waals surface area (Å²) in [6, 6.07) is 5.24. The topological polar surface area (TPSA) is 76.5 Å². The molecule has 3 rings (SSSR count). The molecule has 1 fully saturated rings. The highest BCUT2D eigenvalue weighted by molar-refractivity contribution is 6.42. The van der Waals surface area contributed by atoms with Crippen LogP contribution >= 0.6 is 23.2 Å². The molecule has 9 heteroatoms. The minimum absolute atomic E-state index is 0.110. The fourth-order valence-electron chi connectivity index (χ4n) is 3.42. The second-order valence-corrected chi connectivity index (χ2v) is 8.23. The first kappa shape index (κ1) is 22.4. The summed E-state index contributed by atoms with van der Waals surface area (Å²) >= 11 is 12.1. The largest absolute Gasteiger partial charge is 0.492 e. The molecule has 1 saturated heterocycles. The van der Waals surface area contributed by atoms with E-state index in [-0.39, 0.29) is 11.8 Å². The van der Waals surface area contributed by atoms with Crippen LogP contribution in [-0.2, 0) is 11.8 Å². The molecule has 30 heavy (non-hydrogen) atoms. The van der Waals surface area contributed by atoms with Gasteiger partial charge in [0.15, 0.2) is 0 Å². The molecule has 7 nitrogen and oxygen atoms in total. The Labute approximate surface area is 186 Å². The van der Waals surface area contributed by atoms with Gasteiger partial charge in [-0.15, -0.1) is 0 Å². The van der Waals surface area contributed by atoms with Gasteiger partial charge in [-0.25, -0.2) is 0 Å². The van der Waals surface area contributed by atoms with Crippen molar-refractivity contribution in [3.63, 3.8) is 0 Å². The lowest BCUT2D eigenvalue weighted by molar-refractivity contribution is -0.132.